The van der Waals surface area contributed by atoms with Crippen LogP contribution >= 0.6 is 0 Å². The molecule has 2 atom stereocenters. The van der Waals surface area contributed by atoms with Gasteiger partial charge in [-0.25, -0.2) is 0 Å². The van der Waals surface area contributed by atoms with Crippen molar-refractivity contribution >= 4 is 0 Å². The lowest BCUT2D eigenvalue weighted by Crippen LogP contribution is -2.15. The van der Waals surface area contributed by atoms with Crippen LogP contribution in [0.1, 0.15) is 32.6 Å². The standard InChI is InChI=1S/C16H21NO/c1-3-15-14(7-11-18-4-2)13-6-9-16(15,12-13)8-5-10-17/h3,5,8,13H,1,4,6-7,9,11-12H2,2H3. The lowest BCUT2D eigenvalue weighted by molar-refractivity contribution is 0.149. The molecule has 1 saturated carbocycles. The Balaban J connectivity index is 2.21. The van der Waals surface area contributed by atoms with E-state index in [1.807, 2.05) is 13.0 Å². The second-order valence-corrected chi connectivity index (χ2v) is 5.15. The van der Waals surface area contributed by atoms with Crippen LogP contribution in [0.25, 0.3) is 0 Å². The molecule has 0 aliphatic heterocycles. The van der Waals surface area contributed by atoms with Gasteiger partial charge in [0.15, 0.2) is 0 Å². The molecule has 0 aromatic rings. The molecule has 2 nitrogen and oxygen atoms in total. The van der Waals surface area contributed by atoms with E-state index in [9.17, 15) is 0 Å². The molecule has 2 unspecified atom stereocenters. The molecule has 0 heterocycles. The van der Waals surface area contributed by atoms with Gasteiger partial charge in [-0.15, -0.1) is 0 Å². The third kappa shape index (κ3) is 2.15. The SMILES string of the molecule is C=CC1=C(CCOCC)C2CCC1(C=CC#N)C2. The van der Waals surface area contributed by atoms with Crippen molar-refractivity contribution in [2.45, 2.75) is 32.6 Å². The quantitative estimate of drug-likeness (QED) is 0.525. The van der Waals surface area contributed by atoms with E-state index in [0.717, 1.165) is 32.5 Å². The summed E-state index contributed by atoms with van der Waals surface area (Å²) in [6.45, 7) is 7.59. The van der Waals surface area contributed by atoms with Crippen LogP contribution in [0.3, 0.4) is 0 Å². The Morgan fingerprint density at radius 2 is 2.44 bits per heavy atom. The van der Waals surface area contributed by atoms with Gasteiger partial charge in [-0.3, -0.25) is 0 Å². The second-order valence-electron chi connectivity index (χ2n) is 5.15. The van der Waals surface area contributed by atoms with Crippen molar-refractivity contribution < 1.29 is 4.74 Å². The zero-order chi connectivity index (χ0) is 13.0. The van der Waals surface area contributed by atoms with Gasteiger partial charge < -0.3 is 4.74 Å². The fourth-order valence-corrected chi connectivity index (χ4v) is 3.59. The van der Waals surface area contributed by atoms with Gasteiger partial charge in [-0.1, -0.05) is 24.3 Å². The summed E-state index contributed by atoms with van der Waals surface area (Å²) in [5.74, 6) is 0.682. The predicted octanol–water partition coefficient (Wildman–Crippen LogP) is 3.78. The van der Waals surface area contributed by atoms with E-state index in [-0.39, 0.29) is 5.41 Å². The van der Waals surface area contributed by atoms with Crippen LogP contribution in [-0.4, -0.2) is 13.2 Å². The third-order valence-electron chi connectivity index (χ3n) is 4.33. The van der Waals surface area contributed by atoms with E-state index in [0.29, 0.717) is 5.92 Å². The summed E-state index contributed by atoms with van der Waals surface area (Å²) in [5, 5.41) is 8.75. The average Bonchev–Trinajstić information content (AvgIpc) is 2.93. The summed E-state index contributed by atoms with van der Waals surface area (Å²) in [7, 11) is 0. The van der Waals surface area contributed by atoms with Crippen LogP contribution in [0, 0.1) is 22.7 Å². The first-order valence-electron chi connectivity index (χ1n) is 6.78. The minimum Gasteiger partial charge on any atom is -0.381 e. The van der Waals surface area contributed by atoms with Gasteiger partial charge in [0.05, 0.1) is 12.7 Å². The van der Waals surface area contributed by atoms with Crippen molar-refractivity contribution in [3.8, 4) is 6.07 Å². The van der Waals surface area contributed by atoms with E-state index >= 15 is 0 Å². The van der Waals surface area contributed by atoms with Crippen molar-refractivity contribution in [1.29, 1.82) is 5.26 Å². The Bertz CT molecular complexity index is 427. The topological polar surface area (TPSA) is 33.0 Å². The van der Waals surface area contributed by atoms with Crippen LogP contribution in [0.2, 0.25) is 0 Å². The van der Waals surface area contributed by atoms with E-state index in [1.165, 1.54) is 17.6 Å². The molecule has 18 heavy (non-hydrogen) atoms. The number of nitriles is 1. The van der Waals surface area contributed by atoms with Gasteiger partial charge in [0.2, 0.25) is 0 Å². The molecular formula is C16H21NO. The summed E-state index contributed by atoms with van der Waals surface area (Å²) in [5.41, 5.74) is 2.99. The fourth-order valence-electron chi connectivity index (χ4n) is 3.59. The highest BCUT2D eigenvalue weighted by Gasteiger charge is 2.47. The number of fused-ring (bicyclic) bond motifs is 2. The third-order valence-corrected chi connectivity index (χ3v) is 4.33. The highest BCUT2D eigenvalue weighted by Crippen LogP contribution is 2.59. The van der Waals surface area contributed by atoms with Crippen molar-refractivity contribution in [3.63, 3.8) is 0 Å². The highest BCUT2D eigenvalue weighted by molar-refractivity contribution is 5.45. The lowest BCUT2D eigenvalue weighted by Gasteiger charge is -2.26. The van der Waals surface area contributed by atoms with Crippen molar-refractivity contribution in [3.05, 3.63) is 36.0 Å². The molecular weight excluding hydrogens is 222 g/mol. The molecule has 0 radical (unpaired) electrons. The van der Waals surface area contributed by atoms with Gasteiger partial charge in [0, 0.05) is 18.1 Å². The number of nitrogens with zero attached hydrogens (tertiary/aromatic N) is 1. The van der Waals surface area contributed by atoms with Crippen LogP contribution in [0.4, 0.5) is 0 Å². The molecule has 2 aliphatic rings. The first-order chi connectivity index (χ1) is 8.77. The van der Waals surface area contributed by atoms with Gasteiger partial charge >= 0.3 is 0 Å². The molecule has 0 spiro atoms. The first kappa shape index (κ1) is 13.1. The first-order valence-corrected chi connectivity index (χ1v) is 6.78. The van der Waals surface area contributed by atoms with Gasteiger partial charge in [0.1, 0.15) is 0 Å². The Kier molecular flexibility index (Phi) is 4.04. The number of ether oxygens (including phenoxy) is 1. The minimum absolute atomic E-state index is 0.101. The normalized spacial score (nSPS) is 30.1. The largest absolute Gasteiger partial charge is 0.381 e. The molecule has 0 aromatic carbocycles. The predicted molar refractivity (Wildman–Crippen MR) is 72.9 cm³/mol. The van der Waals surface area contributed by atoms with Crippen molar-refractivity contribution in [1.82, 2.24) is 0 Å². The molecule has 2 rings (SSSR count). The Hall–Kier alpha value is -1.33. The van der Waals surface area contributed by atoms with Gasteiger partial charge in [0.25, 0.3) is 0 Å². The lowest BCUT2D eigenvalue weighted by atomic mass is 9.78. The Morgan fingerprint density at radius 1 is 1.61 bits per heavy atom. The van der Waals surface area contributed by atoms with E-state index in [2.05, 4.69) is 18.7 Å². The molecule has 0 amide bonds. The minimum atomic E-state index is 0.101. The summed E-state index contributed by atoms with van der Waals surface area (Å²) >= 11 is 0. The van der Waals surface area contributed by atoms with Crippen molar-refractivity contribution in [2.24, 2.45) is 11.3 Å². The maximum Gasteiger partial charge on any atom is 0.0909 e. The van der Waals surface area contributed by atoms with E-state index < -0.39 is 0 Å². The fraction of sp³-hybridized carbons (Fsp3) is 0.562. The molecule has 0 N–H and O–H groups in total. The number of rotatable bonds is 6. The monoisotopic (exact) mass is 243 g/mol. The number of hydrogen-bond acceptors (Lipinski definition) is 2. The van der Waals surface area contributed by atoms with Crippen LogP contribution in [0.5, 0.6) is 0 Å². The Morgan fingerprint density at radius 3 is 3.11 bits per heavy atom. The molecule has 2 heteroatoms. The summed E-state index contributed by atoms with van der Waals surface area (Å²) in [4.78, 5) is 0. The average molecular weight is 243 g/mol. The zero-order valence-electron chi connectivity index (χ0n) is 11.1. The molecule has 96 valence electrons. The van der Waals surface area contributed by atoms with Gasteiger partial charge in [-0.2, -0.15) is 5.26 Å². The summed E-state index contributed by atoms with van der Waals surface area (Å²) < 4.78 is 5.47. The highest BCUT2D eigenvalue weighted by atomic mass is 16.5. The van der Waals surface area contributed by atoms with Crippen molar-refractivity contribution in [2.75, 3.05) is 13.2 Å². The van der Waals surface area contributed by atoms with E-state index in [1.54, 1.807) is 6.08 Å². The smallest absolute Gasteiger partial charge is 0.0909 e. The number of allylic oxidation sites excluding steroid dienone is 4. The van der Waals surface area contributed by atoms with Crippen LogP contribution in [-0.2, 0) is 4.74 Å². The second kappa shape index (κ2) is 5.54. The van der Waals surface area contributed by atoms with Crippen LogP contribution < -0.4 is 0 Å². The molecule has 0 aromatic heterocycles. The summed E-state index contributed by atoms with van der Waals surface area (Å²) in [6, 6.07) is 2.12. The molecule has 1 fully saturated rings. The molecule has 2 aliphatic carbocycles. The summed E-state index contributed by atoms with van der Waals surface area (Å²) in [6.07, 6.45) is 10.3. The Labute approximate surface area is 110 Å². The molecule has 2 bridgehead atoms. The maximum atomic E-state index is 8.75. The number of hydrogen-bond donors (Lipinski definition) is 0. The van der Waals surface area contributed by atoms with E-state index in [4.69, 9.17) is 10.00 Å². The zero-order valence-corrected chi connectivity index (χ0v) is 11.1. The maximum absolute atomic E-state index is 8.75. The molecule has 0 saturated heterocycles. The van der Waals surface area contributed by atoms with Crippen LogP contribution in [0.15, 0.2) is 36.0 Å². The van der Waals surface area contributed by atoms with Gasteiger partial charge in [-0.05, 0) is 44.1 Å².